The Morgan fingerprint density at radius 3 is 2.78 bits per heavy atom. The minimum absolute atomic E-state index is 0. The van der Waals surface area contributed by atoms with Crippen molar-refractivity contribution in [1.82, 2.24) is 25.1 Å². The molecule has 1 aliphatic rings. The third-order valence-electron chi connectivity index (χ3n) is 4.36. The van der Waals surface area contributed by atoms with Gasteiger partial charge in [0.05, 0.1) is 11.9 Å². The molecule has 152 valence electrons. The highest BCUT2D eigenvalue weighted by Gasteiger charge is 2.16. The summed E-state index contributed by atoms with van der Waals surface area (Å²) in [6, 6.07) is 0. The molecule has 2 N–H and O–H groups in total. The summed E-state index contributed by atoms with van der Waals surface area (Å²) in [7, 11) is 1.95. The molecule has 0 amide bonds. The fraction of sp³-hybridized carbons (Fsp3) is 0.611. The summed E-state index contributed by atoms with van der Waals surface area (Å²) in [5.74, 6) is 1.76. The lowest BCUT2D eigenvalue weighted by molar-refractivity contribution is 0.128. The Balaban J connectivity index is 0.00000182. The predicted molar refractivity (Wildman–Crippen MR) is 112 cm³/mol. The maximum absolute atomic E-state index is 5.50. The van der Waals surface area contributed by atoms with Crippen molar-refractivity contribution in [3.63, 3.8) is 0 Å². The zero-order valence-corrected chi connectivity index (χ0v) is 17.7. The molecule has 7 nitrogen and oxygen atoms in total. The maximum atomic E-state index is 5.50. The van der Waals surface area contributed by atoms with Gasteiger partial charge >= 0.3 is 0 Å². The van der Waals surface area contributed by atoms with Gasteiger partial charge in [0.25, 0.3) is 0 Å². The van der Waals surface area contributed by atoms with E-state index >= 15 is 0 Å². The fourth-order valence-corrected chi connectivity index (χ4v) is 3.10. The van der Waals surface area contributed by atoms with Gasteiger partial charge in [0.2, 0.25) is 0 Å². The summed E-state index contributed by atoms with van der Waals surface area (Å²) >= 11 is 0. The molecule has 0 saturated carbocycles. The highest BCUT2D eigenvalue weighted by atomic mass is 35.5. The van der Waals surface area contributed by atoms with Gasteiger partial charge in [0.1, 0.15) is 12.4 Å². The molecular formula is C18H30Cl2N6O. The quantitative estimate of drug-likeness (QED) is 0.642. The summed E-state index contributed by atoms with van der Waals surface area (Å²) in [6.07, 6.45) is 7.98. The Kier molecular flexibility index (Phi) is 10.6. The molecule has 3 heterocycles. The number of nitrogens with zero attached hydrogens (tertiary/aromatic N) is 4. The monoisotopic (exact) mass is 416 g/mol. The van der Waals surface area contributed by atoms with Crippen LogP contribution >= 0.6 is 24.8 Å². The van der Waals surface area contributed by atoms with Gasteiger partial charge in [-0.1, -0.05) is 0 Å². The van der Waals surface area contributed by atoms with E-state index in [-0.39, 0.29) is 24.8 Å². The molecule has 0 bridgehead atoms. The molecule has 27 heavy (non-hydrogen) atoms. The van der Waals surface area contributed by atoms with Crippen molar-refractivity contribution in [2.75, 3.05) is 31.6 Å². The number of aryl methyl sites for hydroxylation is 2. The lowest BCUT2D eigenvalue weighted by Gasteiger charge is -2.14. The van der Waals surface area contributed by atoms with Crippen molar-refractivity contribution in [2.24, 2.45) is 7.05 Å². The maximum Gasteiger partial charge on any atom is 0.156 e. The second kappa shape index (κ2) is 12.1. The van der Waals surface area contributed by atoms with E-state index in [1.807, 2.05) is 24.9 Å². The molecule has 0 saturated heterocycles. The van der Waals surface area contributed by atoms with E-state index in [0.717, 1.165) is 62.7 Å². The summed E-state index contributed by atoms with van der Waals surface area (Å²) in [6.45, 7) is 5.98. The first kappa shape index (κ1) is 23.6. The molecule has 2 aromatic rings. The van der Waals surface area contributed by atoms with Crippen LogP contribution < -0.4 is 10.6 Å². The van der Waals surface area contributed by atoms with Crippen LogP contribution in [0.3, 0.4) is 0 Å². The van der Waals surface area contributed by atoms with Crippen LogP contribution in [0, 0.1) is 0 Å². The lowest BCUT2D eigenvalue weighted by atomic mass is 10.1. The van der Waals surface area contributed by atoms with E-state index in [9.17, 15) is 0 Å². The number of aromatic nitrogens is 4. The molecule has 0 unspecified atom stereocenters. The third-order valence-corrected chi connectivity index (χ3v) is 4.36. The molecular weight excluding hydrogens is 387 g/mol. The standard InChI is InChI=1S/C18H28N6O.2ClH/c1-3-25-13-17-22-16-7-10-19-9-6-15(16)18(23-17)20-8-4-5-14-11-21-24(2)12-14;;/h11-12,19H,3-10,13H2,1-2H3,(H,20,22,23);2*1H. The van der Waals surface area contributed by atoms with Crippen molar-refractivity contribution in [2.45, 2.75) is 39.2 Å². The Morgan fingerprint density at radius 1 is 1.22 bits per heavy atom. The number of hydrogen-bond donors (Lipinski definition) is 2. The average Bonchev–Trinajstić information content (AvgIpc) is 2.88. The van der Waals surface area contributed by atoms with Crippen molar-refractivity contribution in [3.8, 4) is 0 Å². The normalized spacial score (nSPS) is 13.1. The van der Waals surface area contributed by atoms with Crippen LogP contribution in [0.25, 0.3) is 0 Å². The number of halogens is 2. The molecule has 1 aliphatic heterocycles. The third kappa shape index (κ3) is 6.92. The Labute approximate surface area is 173 Å². The fourth-order valence-electron chi connectivity index (χ4n) is 3.10. The molecule has 0 spiro atoms. The van der Waals surface area contributed by atoms with Gasteiger partial charge < -0.3 is 15.4 Å². The van der Waals surface area contributed by atoms with E-state index in [0.29, 0.717) is 13.2 Å². The number of hydrogen-bond acceptors (Lipinski definition) is 6. The van der Waals surface area contributed by atoms with Gasteiger partial charge in [-0.3, -0.25) is 4.68 Å². The molecule has 2 aromatic heterocycles. The van der Waals surface area contributed by atoms with Crippen LogP contribution in [0.5, 0.6) is 0 Å². The van der Waals surface area contributed by atoms with Crippen LogP contribution in [0.4, 0.5) is 5.82 Å². The van der Waals surface area contributed by atoms with Crippen molar-refractivity contribution < 1.29 is 4.74 Å². The summed E-state index contributed by atoms with van der Waals surface area (Å²) < 4.78 is 7.35. The van der Waals surface area contributed by atoms with Gasteiger partial charge in [-0.25, -0.2) is 9.97 Å². The molecule has 0 aromatic carbocycles. The van der Waals surface area contributed by atoms with Crippen LogP contribution in [0.15, 0.2) is 12.4 Å². The van der Waals surface area contributed by atoms with E-state index in [2.05, 4.69) is 21.9 Å². The molecule has 0 radical (unpaired) electrons. The highest BCUT2D eigenvalue weighted by Crippen LogP contribution is 2.20. The van der Waals surface area contributed by atoms with Crippen LogP contribution in [-0.4, -0.2) is 46.0 Å². The average molecular weight is 417 g/mol. The predicted octanol–water partition coefficient (Wildman–Crippen LogP) is 2.32. The van der Waals surface area contributed by atoms with Gasteiger partial charge in [-0.15, -0.1) is 24.8 Å². The van der Waals surface area contributed by atoms with Gasteiger partial charge in [-0.05, 0) is 38.3 Å². The zero-order chi connectivity index (χ0) is 17.5. The Bertz CT molecular complexity index is 694. The lowest BCUT2D eigenvalue weighted by Crippen LogP contribution is -2.16. The highest BCUT2D eigenvalue weighted by molar-refractivity contribution is 5.85. The first-order valence-corrected chi connectivity index (χ1v) is 9.14. The molecule has 0 aliphatic carbocycles. The van der Waals surface area contributed by atoms with E-state index in [4.69, 9.17) is 14.7 Å². The summed E-state index contributed by atoms with van der Waals surface area (Å²) in [4.78, 5) is 9.45. The number of fused-ring (bicyclic) bond motifs is 1. The number of nitrogens with one attached hydrogen (secondary N) is 2. The molecule has 9 heteroatoms. The number of rotatable bonds is 8. The topological polar surface area (TPSA) is 76.9 Å². The summed E-state index contributed by atoms with van der Waals surface area (Å²) in [5.41, 5.74) is 3.68. The summed E-state index contributed by atoms with van der Waals surface area (Å²) in [5, 5.41) is 11.2. The molecule has 0 fully saturated rings. The SMILES string of the molecule is CCOCc1nc2c(c(NCCCc3cnn(C)c3)n1)CCNCC2.Cl.Cl. The first-order valence-electron chi connectivity index (χ1n) is 9.14. The zero-order valence-electron chi connectivity index (χ0n) is 16.0. The Morgan fingerprint density at radius 2 is 2.04 bits per heavy atom. The van der Waals surface area contributed by atoms with E-state index in [1.54, 1.807) is 0 Å². The number of ether oxygens (including phenoxy) is 1. The van der Waals surface area contributed by atoms with E-state index in [1.165, 1.54) is 11.1 Å². The second-order valence-electron chi connectivity index (χ2n) is 6.35. The van der Waals surface area contributed by atoms with Crippen LogP contribution in [0.2, 0.25) is 0 Å². The van der Waals surface area contributed by atoms with Crippen molar-refractivity contribution >= 4 is 30.6 Å². The minimum atomic E-state index is 0. The van der Waals surface area contributed by atoms with Crippen LogP contribution in [-0.2, 0) is 37.7 Å². The minimum Gasteiger partial charge on any atom is -0.374 e. The van der Waals surface area contributed by atoms with Gasteiger partial charge in [0.15, 0.2) is 5.82 Å². The van der Waals surface area contributed by atoms with Gasteiger partial charge in [0, 0.05) is 44.9 Å². The second-order valence-corrected chi connectivity index (χ2v) is 6.35. The number of anilines is 1. The molecule has 0 atom stereocenters. The Hall–Kier alpha value is -1.41. The van der Waals surface area contributed by atoms with Crippen LogP contribution in [0.1, 0.15) is 36.0 Å². The molecule has 3 rings (SSSR count). The van der Waals surface area contributed by atoms with Gasteiger partial charge in [-0.2, -0.15) is 5.10 Å². The first-order chi connectivity index (χ1) is 12.3. The van der Waals surface area contributed by atoms with E-state index < -0.39 is 0 Å². The van der Waals surface area contributed by atoms with Crippen molar-refractivity contribution in [3.05, 3.63) is 35.0 Å². The van der Waals surface area contributed by atoms with Crippen molar-refractivity contribution in [1.29, 1.82) is 0 Å². The smallest absolute Gasteiger partial charge is 0.156 e. The largest absolute Gasteiger partial charge is 0.374 e.